The topological polar surface area (TPSA) is 9.23 Å². The van der Waals surface area contributed by atoms with E-state index in [0.29, 0.717) is 19.4 Å². The van der Waals surface area contributed by atoms with Gasteiger partial charge in [0.2, 0.25) is 0 Å². The van der Waals surface area contributed by atoms with Crippen molar-refractivity contribution in [1.29, 1.82) is 0 Å². The summed E-state index contributed by atoms with van der Waals surface area (Å²) in [4.78, 5) is 0. The maximum Gasteiger partial charge on any atom is 0.122 e. The average Bonchev–Trinajstić information content (AvgIpc) is 2.71. The van der Waals surface area contributed by atoms with E-state index in [1.54, 1.807) is 0 Å². The number of hydrogen-bond acceptors (Lipinski definition) is 1. The van der Waals surface area contributed by atoms with Gasteiger partial charge >= 0.3 is 0 Å². The van der Waals surface area contributed by atoms with Gasteiger partial charge in [-0.2, -0.15) is 0 Å². The summed E-state index contributed by atoms with van der Waals surface area (Å²) in [5.41, 5.74) is 1.28. The lowest BCUT2D eigenvalue weighted by molar-refractivity contribution is 0.221. The minimum Gasteiger partial charge on any atom is -0.493 e. The molecule has 1 aromatic rings. The van der Waals surface area contributed by atoms with Crippen molar-refractivity contribution in [2.24, 2.45) is 0 Å². The highest BCUT2D eigenvalue weighted by molar-refractivity contribution is 5.33. The number of para-hydroxylation sites is 1. The Kier molecular flexibility index (Phi) is 16.1. The van der Waals surface area contributed by atoms with Crippen LogP contribution in [-0.4, -0.2) is 12.8 Å². The van der Waals surface area contributed by atoms with Crippen LogP contribution in [0.2, 0.25) is 0 Å². The zero-order valence-electron chi connectivity index (χ0n) is 18.7. The Morgan fingerprint density at radius 1 is 0.714 bits per heavy atom. The molecule has 0 aliphatic carbocycles. The SMILES string of the molecule is CCCCCCCCCCc1ccccc1OCCC(F)CCCCCCC. The fraction of sp³-hybridized carbons (Fsp3) is 0.769. The summed E-state index contributed by atoms with van der Waals surface area (Å²) in [6.45, 7) is 4.97. The van der Waals surface area contributed by atoms with Crippen molar-refractivity contribution in [2.75, 3.05) is 6.61 Å². The van der Waals surface area contributed by atoms with Gasteiger partial charge in [0.05, 0.1) is 6.61 Å². The van der Waals surface area contributed by atoms with E-state index in [4.69, 9.17) is 4.74 Å². The highest BCUT2D eigenvalue weighted by atomic mass is 19.1. The second-order valence-electron chi connectivity index (χ2n) is 8.27. The number of rotatable bonds is 19. The van der Waals surface area contributed by atoms with Gasteiger partial charge < -0.3 is 4.74 Å². The van der Waals surface area contributed by atoms with Crippen LogP contribution in [0.3, 0.4) is 0 Å². The second kappa shape index (κ2) is 18.0. The third-order valence-electron chi connectivity index (χ3n) is 5.58. The molecule has 28 heavy (non-hydrogen) atoms. The summed E-state index contributed by atoms with van der Waals surface area (Å²) < 4.78 is 20.0. The summed E-state index contributed by atoms with van der Waals surface area (Å²) in [7, 11) is 0. The summed E-state index contributed by atoms with van der Waals surface area (Å²) in [6.07, 6.45) is 18.2. The van der Waals surface area contributed by atoms with Gasteiger partial charge in [-0.1, -0.05) is 109 Å². The molecule has 0 heterocycles. The molecule has 1 rings (SSSR count). The van der Waals surface area contributed by atoms with E-state index in [1.807, 2.05) is 12.1 Å². The monoisotopic (exact) mass is 392 g/mol. The third kappa shape index (κ3) is 13.2. The average molecular weight is 393 g/mol. The van der Waals surface area contributed by atoms with Gasteiger partial charge in [-0.3, -0.25) is 0 Å². The van der Waals surface area contributed by atoms with Crippen molar-refractivity contribution in [1.82, 2.24) is 0 Å². The fourth-order valence-electron chi connectivity index (χ4n) is 3.71. The first-order valence-electron chi connectivity index (χ1n) is 12.1. The molecule has 0 aliphatic rings. The van der Waals surface area contributed by atoms with Crippen LogP contribution in [-0.2, 0) is 6.42 Å². The first-order valence-corrected chi connectivity index (χ1v) is 12.1. The Hall–Kier alpha value is -1.05. The number of unbranched alkanes of at least 4 members (excludes halogenated alkanes) is 11. The summed E-state index contributed by atoms with van der Waals surface area (Å²) >= 11 is 0. The zero-order valence-corrected chi connectivity index (χ0v) is 18.7. The Bertz CT molecular complexity index is 460. The highest BCUT2D eigenvalue weighted by Gasteiger charge is 2.08. The Balaban J connectivity index is 2.15. The van der Waals surface area contributed by atoms with Gasteiger partial charge in [0.15, 0.2) is 0 Å². The molecule has 0 bridgehead atoms. The molecule has 2 heteroatoms. The quantitative estimate of drug-likeness (QED) is 0.214. The van der Waals surface area contributed by atoms with Gasteiger partial charge in [0, 0.05) is 6.42 Å². The molecule has 0 fully saturated rings. The molecule has 162 valence electrons. The molecule has 0 N–H and O–H groups in total. The minimum absolute atomic E-state index is 0.491. The van der Waals surface area contributed by atoms with Crippen molar-refractivity contribution >= 4 is 0 Å². The smallest absolute Gasteiger partial charge is 0.122 e. The van der Waals surface area contributed by atoms with E-state index < -0.39 is 6.17 Å². The van der Waals surface area contributed by atoms with Gasteiger partial charge in [-0.05, 0) is 30.9 Å². The lowest BCUT2D eigenvalue weighted by Crippen LogP contribution is -2.08. The summed E-state index contributed by atoms with van der Waals surface area (Å²) in [6, 6.07) is 8.31. The van der Waals surface area contributed by atoms with Crippen LogP contribution in [0, 0.1) is 0 Å². The number of benzene rings is 1. The van der Waals surface area contributed by atoms with Crippen molar-refractivity contribution in [3.8, 4) is 5.75 Å². The van der Waals surface area contributed by atoms with E-state index >= 15 is 0 Å². The summed E-state index contributed by atoms with van der Waals surface area (Å²) in [5, 5.41) is 0. The molecule has 0 saturated heterocycles. The number of ether oxygens (including phenoxy) is 1. The van der Waals surface area contributed by atoms with Crippen LogP contribution in [0.4, 0.5) is 4.39 Å². The van der Waals surface area contributed by atoms with E-state index in [-0.39, 0.29) is 0 Å². The van der Waals surface area contributed by atoms with E-state index in [2.05, 4.69) is 26.0 Å². The Morgan fingerprint density at radius 2 is 1.29 bits per heavy atom. The highest BCUT2D eigenvalue weighted by Crippen LogP contribution is 2.22. The molecule has 1 unspecified atom stereocenters. The van der Waals surface area contributed by atoms with Gasteiger partial charge in [-0.15, -0.1) is 0 Å². The van der Waals surface area contributed by atoms with Crippen molar-refractivity contribution in [3.63, 3.8) is 0 Å². The van der Waals surface area contributed by atoms with E-state index in [1.165, 1.54) is 76.2 Å². The Labute approximate surface area is 174 Å². The van der Waals surface area contributed by atoms with Crippen LogP contribution in [0.15, 0.2) is 24.3 Å². The minimum atomic E-state index is -0.721. The fourth-order valence-corrected chi connectivity index (χ4v) is 3.71. The number of halogens is 1. The molecule has 0 aromatic heterocycles. The molecule has 1 aromatic carbocycles. The molecule has 1 atom stereocenters. The molecule has 0 aliphatic heterocycles. The lowest BCUT2D eigenvalue weighted by Gasteiger charge is -2.13. The largest absolute Gasteiger partial charge is 0.493 e. The number of alkyl halides is 1. The Morgan fingerprint density at radius 3 is 1.96 bits per heavy atom. The molecule has 0 saturated carbocycles. The number of hydrogen-bond donors (Lipinski definition) is 0. The standard InChI is InChI=1S/C26H45FO/c1-3-5-7-9-10-11-13-14-18-24-19-16-17-21-26(24)28-23-22-25(27)20-15-12-8-6-4-2/h16-17,19,21,25H,3-15,18,20,22-23H2,1-2H3. The summed E-state index contributed by atoms with van der Waals surface area (Å²) in [5.74, 6) is 0.959. The van der Waals surface area contributed by atoms with Crippen LogP contribution in [0.1, 0.15) is 116 Å². The van der Waals surface area contributed by atoms with E-state index in [9.17, 15) is 4.39 Å². The normalized spacial score (nSPS) is 12.2. The zero-order chi connectivity index (χ0) is 20.3. The number of aryl methyl sites for hydroxylation is 1. The van der Waals surface area contributed by atoms with Gasteiger partial charge in [0.25, 0.3) is 0 Å². The van der Waals surface area contributed by atoms with Crippen LogP contribution in [0.5, 0.6) is 5.75 Å². The maximum atomic E-state index is 14.0. The maximum absolute atomic E-state index is 14.0. The molecule has 0 amide bonds. The molecular weight excluding hydrogens is 347 g/mol. The first kappa shape index (κ1) is 25.0. The third-order valence-corrected chi connectivity index (χ3v) is 5.58. The predicted molar refractivity (Wildman–Crippen MR) is 121 cm³/mol. The predicted octanol–water partition coefficient (Wildman–Crippen LogP) is 8.84. The molecular formula is C26H45FO. The van der Waals surface area contributed by atoms with Gasteiger partial charge in [-0.25, -0.2) is 4.39 Å². The van der Waals surface area contributed by atoms with Gasteiger partial charge in [0.1, 0.15) is 11.9 Å². The van der Waals surface area contributed by atoms with Crippen LogP contribution >= 0.6 is 0 Å². The molecule has 0 radical (unpaired) electrons. The van der Waals surface area contributed by atoms with Crippen molar-refractivity contribution in [2.45, 2.75) is 123 Å². The lowest BCUT2D eigenvalue weighted by atomic mass is 10.0. The second-order valence-corrected chi connectivity index (χ2v) is 8.27. The van der Waals surface area contributed by atoms with Crippen LogP contribution in [0.25, 0.3) is 0 Å². The van der Waals surface area contributed by atoms with Crippen molar-refractivity contribution in [3.05, 3.63) is 29.8 Å². The molecule has 1 nitrogen and oxygen atoms in total. The first-order chi connectivity index (χ1) is 13.8. The van der Waals surface area contributed by atoms with Crippen molar-refractivity contribution < 1.29 is 9.13 Å². The van der Waals surface area contributed by atoms with E-state index in [0.717, 1.165) is 25.0 Å². The molecule has 0 spiro atoms. The van der Waals surface area contributed by atoms with Crippen LogP contribution < -0.4 is 4.74 Å².